The summed E-state index contributed by atoms with van der Waals surface area (Å²) in [5.41, 5.74) is 0. The largest absolute Gasteiger partial charge is 0.346 e. The molecule has 2 aliphatic heterocycles. The van der Waals surface area contributed by atoms with Gasteiger partial charge in [-0.3, -0.25) is 9.69 Å². The number of rotatable bonds is 3. The van der Waals surface area contributed by atoms with Crippen molar-refractivity contribution in [1.82, 2.24) is 14.8 Å². The normalized spacial score (nSPS) is 28.7. The zero-order valence-corrected chi connectivity index (χ0v) is 15.2. The van der Waals surface area contributed by atoms with Crippen LogP contribution in [0.5, 0.6) is 0 Å². The first-order valence-electron chi connectivity index (χ1n) is 9.47. The summed E-state index contributed by atoms with van der Waals surface area (Å²) in [7, 11) is 0. The van der Waals surface area contributed by atoms with Crippen LogP contribution in [0.4, 0.5) is 5.13 Å². The van der Waals surface area contributed by atoms with Crippen molar-refractivity contribution in [2.45, 2.75) is 44.6 Å². The van der Waals surface area contributed by atoms with Gasteiger partial charge in [-0.1, -0.05) is 12.8 Å². The van der Waals surface area contributed by atoms with Crippen molar-refractivity contribution in [3.63, 3.8) is 0 Å². The van der Waals surface area contributed by atoms with Gasteiger partial charge in [0, 0.05) is 50.3 Å². The van der Waals surface area contributed by atoms with Crippen molar-refractivity contribution in [1.29, 1.82) is 0 Å². The van der Waals surface area contributed by atoms with Gasteiger partial charge in [0.25, 0.3) is 0 Å². The quantitative estimate of drug-likeness (QED) is 0.841. The van der Waals surface area contributed by atoms with E-state index >= 15 is 0 Å². The highest BCUT2D eigenvalue weighted by atomic mass is 32.1. The van der Waals surface area contributed by atoms with Gasteiger partial charge in [0.05, 0.1) is 6.54 Å². The Labute approximate surface area is 148 Å². The maximum atomic E-state index is 12.9. The van der Waals surface area contributed by atoms with Crippen LogP contribution in [0.15, 0.2) is 11.6 Å². The summed E-state index contributed by atoms with van der Waals surface area (Å²) in [6.45, 7) is 5.48. The van der Waals surface area contributed by atoms with Crippen LogP contribution >= 0.6 is 11.3 Å². The van der Waals surface area contributed by atoms with Gasteiger partial charge in [-0.25, -0.2) is 4.98 Å². The number of carbonyl (C=O) groups is 1. The molecule has 0 aromatic carbocycles. The number of amides is 1. The minimum atomic E-state index is 0.370. The van der Waals surface area contributed by atoms with E-state index in [1.807, 2.05) is 11.6 Å². The van der Waals surface area contributed by atoms with Crippen LogP contribution in [0, 0.1) is 5.92 Å². The van der Waals surface area contributed by atoms with E-state index in [-0.39, 0.29) is 0 Å². The summed E-state index contributed by atoms with van der Waals surface area (Å²) < 4.78 is 0. The predicted octanol–water partition coefficient (Wildman–Crippen LogP) is 2.45. The summed E-state index contributed by atoms with van der Waals surface area (Å²) in [4.78, 5) is 24.2. The summed E-state index contributed by atoms with van der Waals surface area (Å²) in [5.74, 6) is 1.15. The monoisotopic (exact) mass is 348 g/mol. The SMILES string of the molecule is O=C(CN1CCN(c2nccs2)CC1)N1CCC[C@H]2CCCC[C@H]21. The second kappa shape index (κ2) is 7.40. The Balaban J connectivity index is 1.30. The van der Waals surface area contributed by atoms with Crippen LogP contribution < -0.4 is 4.90 Å². The molecule has 24 heavy (non-hydrogen) atoms. The molecule has 0 spiro atoms. The number of likely N-dealkylation sites (tertiary alicyclic amines) is 1. The molecular formula is C18H28N4OS. The molecule has 0 unspecified atom stereocenters. The second-order valence-corrected chi connectivity index (χ2v) is 8.29. The average Bonchev–Trinajstić information content (AvgIpc) is 3.16. The van der Waals surface area contributed by atoms with E-state index in [0.717, 1.165) is 43.8 Å². The van der Waals surface area contributed by atoms with Gasteiger partial charge in [0.15, 0.2) is 5.13 Å². The van der Waals surface area contributed by atoms with Crippen LogP contribution in [0.3, 0.4) is 0 Å². The number of carbonyl (C=O) groups excluding carboxylic acids is 1. The molecule has 4 rings (SSSR count). The third kappa shape index (κ3) is 3.45. The number of fused-ring (bicyclic) bond motifs is 1. The lowest BCUT2D eigenvalue weighted by Gasteiger charge is -2.45. The Morgan fingerprint density at radius 2 is 1.88 bits per heavy atom. The summed E-state index contributed by atoms with van der Waals surface area (Å²) in [6.07, 6.45) is 9.63. The minimum absolute atomic E-state index is 0.370. The fourth-order valence-electron chi connectivity index (χ4n) is 4.69. The molecule has 0 radical (unpaired) electrons. The van der Waals surface area contributed by atoms with Gasteiger partial charge in [-0.15, -0.1) is 11.3 Å². The van der Waals surface area contributed by atoms with Crippen LogP contribution in [-0.4, -0.2) is 66.0 Å². The molecule has 3 aliphatic rings. The minimum Gasteiger partial charge on any atom is -0.346 e. The zero-order valence-electron chi connectivity index (χ0n) is 14.4. The van der Waals surface area contributed by atoms with Gasteiger partial charge in [0.2, 0.25) is 5.91 Å². The van der Waals surface area contributed by atoms with Crippen molar-refractivity contribution in [3.05, 3.63) is 11.6 Å². The molecule has 6 heteroatoms. The van der Waals surface area contributed by atoms with Crippen molar-refractivity contribution in [3.8, 4) is 0 Å². The van der Waals surface area contributed by atoms with Crippen LogP contribution in [0.25, 0.3) is 0 Å². The number of aromatic nitrogens is 1. The summed E-state index contributed by atoms with van der Waals surface area (Å²) >= 11 is 1.70. The molecule has 132 valence electrons. The van der Waals surface area contributed by atoms with E-state index in [2.05, 4.69) is 19.7 Å². The predicted molar refractivity (Wildman–Crippen MR) is 97.5 cm³/mol. The van der Waals surface area contributed by atoms with Crippen LogP contribution in [0.1, 0.15) is 38.5 Å². The average molecular weight is 349 g/mol. The van der Waals surface area contributed by atoms with Crippen molar-refractivity contribution in [2.24, 2.45) is 5.92 Å². The third-order valence-electron chi connectivity index (χ3n) is 5.98. The molecule has 1 aliphatic carbocycles. The number of thiazole rings is 1. The first-order valence-corrected chi connectivity index (χ1v) is 10.4. The van der Waals surface area contributed by atoms with Crippen molar-refractivity contribution >= 4 is 22.4 Å². The zero-order chi connectivity index (χ0) is 16.4. The molecule has 3 heterocycles. The third-order valence-corrected chi connectivity index (χ3v) is 6.82. The number of piperazine rings is 1. The molecule has 5 nitrogen and oxygen atoms in total. The highest BCUT2D eigenvalue weighted by molar-refractivity contribution is 7.13. The van der Waals surface area contributed by atoms with E-state index in [1.54, 1.807) is 11.3 Å². The molecular weight excluding hydrogens is 320 g/mol. The van der Waals surface area contributed by atoms with E-state index in [1.165, 1.54) is 38.5 Å². The standard InChI is InChI=1S/C18H28N4OS/c23-17(22-8-3-5-15-4-1-2-6-16(15)22)14-20-9-11-21(12-10-20)18-19-7-13-24-18/h7,13,15-16H,1-6,8-12,14H2/t15-,16-/m1/s1. The Morgan fingerprint density at radius 1 is 1.08 bits per heavy atom. The fraction of sp³-hybridized carbons (Fsp3) is 0.778. The molecule has 1 amide bonds. The number of hydrogen-bond donors (Lipinski definition) is 0. The van der Waals surface area contributed by atoms with E-state index < -0.39 is 0 Å². The number of anilines is 1. The lowest BCUT2D eigenvalue weighted by Crippen LogP contribution is -2.54. The smallest absolute Gasteiger partial charge is 0.237 e. The molecule has 1 aromatic heterocycles. The second-order valence-electron chi connectivity index (χ2n) is 7.42. The molecule has 0 bridgehead atoms. The first kappa shape index (κ1) is 16.3. The molecule has 1 saturated carbocycles. The van der Waals surface area contributed by atoms with Gasteiger partial charge in [-0.05, 0) is 31.6 Å². The Bertz CT molecular complexity index is 539. The van der Waals surface area contributed by atoms with E-state index in [4.69, 9.17) is 0 Å². The lowest BCUT2D eigenvalue weighted by atomic mass is 9.78. The lowest BCUT2D eigenvalue weighted by molar-refractivity contribution is -0.138. The first-order chi connectivity index (χ1) is 11.8. The molecule has 2 saturated heterocycles. The molecule has 0 N–H and O–H groups in total. The molecule has 2 atom stereocenters. The van der Waals surface area contributed by atoms with Gasteiger partial charge in [0.1, 0.15) is 0 Å². The van der Waals surface area contributed by atoms with E-state index in [0.29, 0.717) is 18.5 Å². The summed E-state index contributed by atoms with van der Waals surface area (Å²) in [5, 5.41) is 3.14. The Hall–Kier alpha value is -1.14. The molecule has 1 aromatic rings. The Kier molecular flexibility index (Phi) is 5.03. The maximum absolute atomic E-state index is 12.9. The highest BCUT2D eigenvalue weighted by Crippen LogP contribution is 2.35. The molecule has 3 fully saturated rings. The van der Waals surface area contributed by atoms with Crippen molar-refractivity contribution < 1.29 is 4.79 Å². The topological polar surface area (TPSA) is 39.7 Å². The van der Waals surface area contributed by atoms with Gasteiger partial charge in [-0.2, -0.15) is 0 Å². The van der Waals surface area contributed by atoms with Crippen LogP contribution in [0.2, 0.25) is 0 Å². The summed E-state index contributed by atoms with van der Waals surface area (Å²) in [6, 6.07) is 0.539. The van der Waals surface area contributed by atoms with E-state index in [9.17, 15) is 4.79 Å². The van der Waals surface area contributed by atoms with Crippen LogP contribution in [-0.2, 0) is 4.79 Å². The fourth-order valence-corrected chi connectivity index (χ4v) is 5.38. The van der Waals surface area contributed by atoms with Crippen molar-refractivity contribution in [2.75, 3.05) is 44.2 Å². The number of piperidine rings is 1. The maximum Gasteiger partial charge on any atom is 0.237 e. The number of hydrogen-bond acceptors (Lipinski definition) is 5. The van der Waals surface area contributed by atoms with Gasteiger partial charge >= 0.3 is 0 Å². The Morgan fingerprint density at radius 3 is 2.67 bits per heavy atom. The van der Waals surface area contributed by atoms with Gasteiger partial charge < -0.3 is 9.80 Å². The number of nitrogens with zero attached hydrogens (tertiary/aromatic N) is 4. The highest BCUT2D eigenvalue weighted by Gasteiger charge is 2.36.